The van der Waals surface area contributed by atoms with Crippen LogP contribution in [0.5, 0.6) is 0 Å². The van der Waals surface area contributed by atoms with Crippen molar-refractivity contribution in [3.05, 3.63) is 47.3 Å². The number of hydrogen-bond donors (Lipinski definition) is 2. The van der Waals surface area contributed by atoms with E-state index in [4.69, 9.17) is 0 Å². The zero-order chi connectivity index (χ0) is 16.4. The van der Waals surface area contributed by atoms with Crippen LogP contribution in [0, 0.1) is 19.8 Å². The topological polar surface area (TPSA) is 59.0 Å². The van der Waals surface area contributed by atoms with Crippen molar-refractivity contribution in [3.63, 3.8) is 0 Å². The molecule has 23 heavy (non-hydrogen) atoms. The van der Waals surface area contributed by atoms with Crippen molar-refractivity contribution < 1.29 is 4.79 Å². The zero-order valence-electron chi connectivity index (χ0n) is 14.0. The van der Waals surface area contributed by atoms with Gasteiger partial charge in [0.15, 0.2) is 0 Å². The van der Waals surface area contributed by atoms with Crippen molar-refractivity contribution in [1.29, 1.82) is 0 Å². The van der Waals surface area contributed by atoms with Gasteiger partial charge >= 0.3 is 0 Å². The number of nitrogens with one attached hydrogen (secondary N) is 2. The Morgan fingerprint density at radius 3 is 2.65 bits per heavy atom. The van der Waals surface area contributed by atoms with Gasteiger partial charge in [-0.05, 0) is 63.1 Å². The van der Waals surface area contributed by atoms with Crippen LogP contribution in [0.3, 0.4) is 0 Å². The Morgan fingerprint density at radius 2 is 2.04 bits per heavy atom. The van der Waals surface area contributed by atoms with E-state index < -0.39 is 0 Å². The van der Waals surface area contributed by atoms with Crippen molar-refractivity contribution >= 4 is 5.91 Å². The fourth-order valence-electron chi connectivity index (χ4n) is 3.08. The summed E-state index contributed by atoms with van der Waals surface area (Å²) in [7, 11) is 0. The molecule has 0 bridgehead atoms. The Kier molecular flexibility index (Phi) is 4.48. The summed E-state index contributed by atoms with van der Waals surface area (Å²) in [5.74, 6) is 0.500. The molecule has 1 fully saturated rings. The lowest BCUT2D eigenvalue weighted by molar-refractivity contribution is 0.0915. The summed E-state index contributed by atoms with van der Waals surface area (Å²) in [5, 5.41) is 10.9. The average molecular weight is 312 g/mol. The number of amides is 1. The molecule has 2 atom stereocenters. The molecule has 0 aliphatic carbocycles. The molecule has 2 aromatic rings. The van der Waals surface area contributed by atoms with E-state index in [1.54, 1.807) is 0 Å². The summed E-state index contributed by atoms with van der Waals surface area (Å²) in [6.07, 6.45) is 1.10. The fraction of sp³-hybridized carbons (Fsp3) is 0.444. The van der Waals surface area contributed by atoms with Crippen molar-refractivity contribution in [1.82, 2.24) is 20.4 Å². The second kappa shape index (κ2) is 6.54. The maximum absolute atomic E-state index is 12.4. The van der Waals surface area contributed by atoms with Crippen LogP contribution in [0.25, 0.3) is 5.69 Å². The van der Waals surface area contributed by atoms with Gasteiger partial charge in [-0.2, -0.15) is 5.10 Å². The van der Waals surface area contributed by atoms with Crippen molar-refractivity contribution in [2.75, 3.05) is 13.1 Å². The van der Waals surface area contributed by atoms with Crippen LogP contribution < -0.4 is 10.6 Å². The predicted octanol–water partition coefficient (Wildman–Crippen LogP) is 2.22. The van der Waals surface area contributed by atoms with Crippen molar-refractivity contribution in [2.45, 2.75) is 33.2 Å². The van der Waals surface area contributed by atoms with E-state index in [0.29, 0.717) is 11.5 Å². The lowest BCUT2D eigenvalue weighted by atomic mass is 9.94. The molecule has 1 aromatic carbocycles. The molecule has 2 N–H and O–H groups in total. The van der Waals surface area contributed by atoms with Crippen LogP contribution in [0.4, 0.5) is 0 Å². The molecule has 0 spiro atoms. The third-order valence-electron chi connectivity index (χ3n) is 4.53. The van der Waals surface area contributed by atoms with Gasteiger partial charge in [-0.25, -0.2) is 4.68 Å². The summed E-state index contributed by atoms with van der Waals surface area (Å²) in [5.41, 5.74) is 3.73. The highest BCUT2D eigenvalue weighted by atomic mass is 16.1. The first-order valence-electron chi connectivity index (χ1n) is 8.20. The number of piperidine rings is 1. The second-order valence-corrected chi connectivity index (χ2v) is 6.44. The predicted molar refractivity (Wildman–Crippen MR) is 90.9 cm³/mol. The number of hydrogen-bond acceptors (Lipinski definition) is 3. The van der Waals surface area contributed by atoms with Gasteiger partial charge in [0.1, 0.15) is 0 Å². The molecular formula is C18H24N4O. The third-order valence-corrected chi connectivity index (χ3v) is 4.53. The molecular weight excluding hydrogens is 288 g/mol. The number of nitrogens with zero attached hydrogens (tertiary/aromatic N) is 2. The van der Waals surface area contributed by atoms with Gasteiger partial charge < -0.3 is 10.6 Å². The van der Waals surface area contributed by atoms with Gasteiger partial charge in [0.25, 0.3) is 5.91 Å². The largest absolute Gasteiger partial charge is 0.348 e. The Morgan fingerprint density at radius 1 is 1.30 bits per heavy atom. The highest BCUT2D eigenvalue weighted by Gasteiger charge is 2.23. The van der Waals surface area contributed by atoms with Crippen LogP contribution in [0.2, 0.25) is 0 Å². The highest BCUT2D eigenvalue weighted by molar-refractivity contribution is 5.94. The minimum atomic E-state index is -0.00883. The number of benzene rings is 1. The zero-order valence-corrected chi connectivity index (χ0v) is 14.0. The van der Waals surface area contributed by atoms with Crippen LogP contribution in [-0.4, -0.2) is 34.8 Å². The molecule has 1 aliphatic heterocycles. The smallest absolute Gasteiger partial charge is 0.251 e. The molecule has 2 heterocycles. The summed E-state index contributed by atoms with van der Waals surface area (Å²) in [4.78, 5) is 12.4. The minimum absolute atomic E-state index is 0.00883. The monoisotopic (exact) mass is 312 g/mol. The van der Waals surface area contributed by atoms with E-state index in [9.17, 15) is 4.79 Å². The quantitative estimate of drug-likeness (QED) is 0.913. The minimum Gasteiger partial charge on any atom is -0.348 e. The molecule has 1 aromatic heterocycles. The fourth-order valence-corrected chi connectivity index (χ4v) is 3.08. The lowest BCUT2D eigenvalue weighted by Gasteiger charge is -2.30. The summed E-state index contributed by atoms with van der Waals surface area (Å²) >= 11 is 0. The third kappa shape index (κ3) is 3.45. The van der Waals surface area contributed by atoms with E-state index in [1.165, 1.54) is 0 Å². The summed E-state index contributed by atoms with van der Waals surface area (Å²) in [6.45, 7) is 8.07. The van der Waals surface area contributed by atoms with Gasteiger partial charge in [-0.15, -0.1) is 0 Å². The highest BCUT2D eigenvalue weighted by Crippen LogP contribution is 2.15. The standard InChI is InChI=1S/C18H24N4O/c1-12-8-9-19-11-17(12)20-18(23)15-4-6-16(7-5-15)22-14(3)10-13(2)21-22/h4-7,10,12,17,19H,8-9,11H2,1-3H3,(H,20,23). The molecule has 1 amide bonds. The van der Waals surface area contributed by atoms with Gasteiger partial charge in [0.05, 0.1) is 11.4 Å². The molecule has 5 nitrogen and oxygen atoms in total. The Balaban J connectivity index is 1.71. The normalized spacial score (nSPS) is 21.2. The first-order chi connectivity index (χ1) is 11.0. The SMILES string of the molecule is Cc1cc(C)n(-c2ccc(C(=O)NC3CNCCC3C)cc2)n1. The Hall–Kier alpha value is -2.14. The van der Waals surface area contributed by atoms with E-state index in [2.05, 4.69) is 22.7 Å². The number of aromatic nitrogens is 2. The molecule has 1 saturated heterocycles. The number of rotatable bonds is 3. The van der Waals surface area contributed by atoms with E-state index >= 15 is 0 Å². The van der Waals surface area contributed by atoms with Gasteiger partial charge in [0.2, 0.25) is 0 Å². The molecule has 122 valence electrons. The second-order valence-electron chi connectivity index (χ2n) is 6.44. The summed E-state index contributed by atoms with van der Waals surface area (Å²) < 4.78 is 1.89. The van der Waals surface area contributed by atoms with Crippen LogP contribution >= 0.6 is 0 Å². The molecule has 0 radical (unpaired) electrons. The van der Waals surface area contributed by atoms with Crippen LogP contribution in [0.1, 0.15) is 35.1 Å². The van der Waals surface area contributed by atoms with E-state index in [1.807, 2.05) is 48.9 Å². The lowest BCUT2D eigenvalue weighted by Crippen LogP contribution is -2.50. The number of aryl methyl sites for hydroxylation is 2. The van der Waals surface area contributed by atoms with Gasteiger partial charge in [-0.1, -0.05) is 6.92 Å². The van der Waals surface area contributed by atoms with Crippen LogP contribution in [0.15, 0.2) is 30.3 Å². The van der Waals surface area contributed by atoms with Gasteiger partial charge in [-0.3, -0.25) is 4.79 Å². The average Bonchev–Trinajstić information content (AvgIpc) is 2.88. The van der Waals surface area contributed by atoms with Crippen molar-refractivity contribution in [2.24, 2.45) is 5.92 Å². The van der Waals surface area contributed by atoms with Gasteiger partial charge in [0, 0.05) is 23.8 Å². The van der Waals surface area contributed by atoms with E-state index in [0.717, 1.165) is 36.6 Å². The first-order valence-corrected chi connectivity index (χ1v) is 8.20. The first kappa shape index (κ1) is 15.7. The molecule has 5 heteroatoms. The molecule has 0 saturated carbocycles. The van der Waals surface area contributed by atoms with Crippen molar-refractivity contribution in [3.8, 4) is 5.69 Å². The van der Waals surface area contributed by atoms with Crippen LogP contribution in [-0.2, 0) is 0 Å². The van der Waals surface area contributed by atoms with E-state index in [-0.39, 0.29) is 11.9 Å². The summed E-state index contributed by atoms with van der Waals surface area (Å²) in [6, 6.07) is 9.85. The Labute approximate surface area is 137 Å². The molecule has 3 rings (SSSR count). The number of carbonyl (C=O) groups excluding carboxylic acids is 1. The molecule has 2 unspecified atom stereocenters. The number of carbonyl (C=O) groups is 1. The maximum Gasteiger partial charge on any atom is 0.251 e. The molecule has 1 aliphatic rings. The Bertz CT molecular complexity index is 690. The maximum atomic E-state index is 12.4.